The van der Waals surface area contributed by atoms with Crippen LogP contribution in [0.5, 0.6) is 11.5 Å². The lowest BCUT2D eigenvalue weighted by Crippen LogP contribution is -2.08. The first-order valence-corrected chi connectivity index (χ1v) is 7.65. The molecule has 2 heterocycles. The van der Waals surface area contributed by atoms with Crippen LogP contribution >= 0.6 is 0 Å². The Morgan fingerprint density at radius 2 is 1.92 bits per heavy atom. The minimum atomic E-state index is -0.278. The van der Waals surface area contributed by atoms with Gasteiger partial charge in [0.05, 0.1) is 19.7 Å². The molecule has 126 valence electrons. The van der Waals surface area contributed by atoms with Gasteiger partial charge >= 0.3 is 0 Å². The number of aromatic nitrogens is 3. The van der Waals surface area contributed by atoms with E-state index in [1.165, 1.54) is 4.68 Å². The van der Waals surface area contributed by atoms with Crippen LogP contribution in [0.15, 0.2) is 47.3 Å². The second-order valence-electron chi connectivity index (χ2n) is 5.56. The standard InChI is InChI=1S/C18H16N4O3/c1-24-10-7-8-14(25-2)13(9-10)22-17(19)15-16(21-22)11-5-3-4-6-12(11)20-18(15)23/h3-9H,19H2,1-2H3,(H,20,23). The number of pyridine rings is 1. The number of nitrogen functional groups attached to an aromatic ring is 1. The van der Waals surface area contributed by atoms with E-state index in [1.807, 2.05) is 24.3 Å². The van der Waals surface area contributed by atoms with Crippen molar-refractivity contribution in [1.82, 2.24) is 14.8 Å². The van der Waals surface area contributed by atoms with Crippen molar-refractivity contribution in [3.63, 3.8) is 0 Å². The summed E-state index contributed by atoms with van der Waals surface area (Å²) >= 11 is 0. The SMILES string of the molecule is COc1ccc(OC)c(-n2nc3c(c2N)c(=O)[nH]c2ccccc23)c1. The van der Waals surface area contributed by atoms with Gasteiger partial charge in [0, 0.05) is 11.5 Å². The normalized spacial score (nSPS) is 11.1. The summed E-state index contributed by atoms with van der Waals surface area (Å²) in [5.41, 5.74) is 7.83. The smallest absolute Gasteiger partial charge is 0.261 e. The highest BCUT2D eigenvalue weighted by atomic mass is 16.5. The molecule has 2 aromatic carbocycles. The second-order valence-corrected chi connectivity index (χ2v) is 5.56. The molecule has 0 saturated carbocycles. The Balaban J connectivity index is 2.11. The molecule has 0 bridgehead atoms. The molecule has 0 amide bonds. The van der Waals surface area contributed by atoms with Crippen molar-refractivity contribution in [3.05, 3.63) is 52.8 Å². The predicted octanol–water partition coefficient (Wildman–Crippen LogP) is 2.47. The molecule has 0 saturated heterocycles. The molecule has 0 unspecified atom stereocenters. The molecule has 0 aliphatic rings. The van der Waals surface area contributed by atoms with E-state index >= 15 is 0 Å². The summed E-state index contributed by atoms with van der Waals surface area (Å²) in [6.45, 7) is 0. The topological polar surface area (TPSA) is 95.2 Å². The van der Waals surface area contributed by atoms with Gasteiger partial charge in [-0.05, 0) is 18.2 Å². The summed E-state index contributed by atoms with van der Waals surface area (Å²) in [6.07, 6.45) is 0. The third-order valence-electron chi connectivity index (χ3n) is 4.19. The minimum absolute atomic E-state index is 0.244. The van der Waals surface area contributed by atoms with Crippen molar-refractivity contribution < 1.29 is 9.47 Å². The van der Waals surface area contributed by atoms with E-state index in [1.54, 1.807) is 32.4 Å². The zero-order chi connectivity index (χ0) is 17.6. The number of anilines is 1. The van der Waals surface area contributed by atoms with Crippen LogP contribution in [0.25, 0.3) is 27.5 Å². The quantitative estimate of drug-likeness (QED) is 0.599. The third-order valence-corrected chi connectivity index (χ3v) is 4.19. The number of H-pyrrole nitrogens is 1. The number of benzene rings is 2. The summed E-state index contributed by atoms with van der Waals surface area (Å²) in [7, 11) is 3.14. The number of methoxy groups -OCH3 is 2. The Bertz CT molecular complexity index is 1160. The van der Waals surface area contributed by atoms with Gasteiger partial charge in [0.25, 0.3) is 5.56 Å². The number of nitrogens with zero attached hydrogens (tertiary/aromatic N) is 2. The molecule has 0 aliphatic heterocycles. The van der Waals surface area contributed by atoms with E-state index in [0.29, 0.717) is 33.6 Å². The molecule has 0 atom stereocenters. The molecule has 2 aromatic heterocycles. The number of para-hydroxylation sites is 1. The molecule has 0 fully saturated rings. The molecule has 4 rings (SSSR count). The summed E-state index contributed by atoms with van der Waals surface area (Å²) in [5.74, 6) is 1.45. The van der Waals surface area contributed by atoms with E-state index in [2.05, 4.69) is 10.1 Å². The highest BCUT2D eigenvalue weighted by Crippen LogP contribution is 2.32. The number of nitrogens with one attached hydrogen (secondary N) is 1. The van der Waals surface area contributed by atoms with Crippen LogP contribution in [0.1, 0.15) is 0 Å². The number of fused-ring (bicyclic) bond motifs is 3. The van der Waals surface area contributed by atoms with Crippen LogP contribution in [0.2, 0.25) is 0 Å². The predicted molar refractivity (Wildman–Crippen MR) is 96.7 cm³/mol. The van der Waals surface area contributed by atoms with Gasteiger partial charge in [-0.2, -0.15) is 5.10 Å². The number of hydrogen-bond acceptors (Lipinski definition) is 5. The maximum atomic E-state index is 12.5. The number of rotatable bonds is 3. The number of aromatic amines is 1. The molecular formula is C18H16N4O3. The van der Waals surface area contributed by atoms with E-state index in [0.717, 1.165) is 5.39 Å². The van der Waals surface area contributed by atoms with E-state index in [4.69, 9.17) is 15.2 Å². The molecule has 0 spiro atoms. The largest absolute Gasteiger partial charge is 0.497 e. The van der Waals surface area contributed by atoms with E-state index < -0.39 is 0 Å². The van der Waals surface area contributed by atoms with Crippen LogP contribution in [-0.2, 0) is 0 Å². The second kappa shape index (κ2) is 5.55. The first-order valence-electron chi connectivity index (χ1n) is 7.65. The lowest BCUT2D eigenvalue weighted by atomic mass is 10.1. The van der Waals surface area contributed by atoms with Gasteiger partial charge in [-0.15, -0.1) is 0 Å². The molecule has 7 heteroatoms. The molecule has 25 heavy (non-hydrogen) atoms. The Labute approximate surface area is 142 Å². The minimum Gasteiger partial charge on any atom is -0.497 e. The fourth-order valence-corrected chi connectivity index (χ4v) is 2.97. The lowest BCUT2D eigenvalue weighted by Gasteiger charge is -2.11. The molecule has 3 N–H and O–H groups in total. The Kier molecular flexibility index (Phi) is 3.35. The van der Waals surface area contributed by atoms with Crippen molar-refractivity contribution >= 4 is 27.6 Å². The van der Waals surface area contributed by atoms with Gasteiger partial charge in [-0.25, -0.2) is 4.68 Å². The molecule has 0 aliphatic carbocycles. The number of ether oxygens (including phenoxy) is 2. The van der Waals surface area contributed by atoms with Gasteiger partial charge < -0.3 is 20.2 Å². The zero-order valence-corrected chi connectivity index (χ0v) is 13.7. The highest BCUT2D eigenvalue weighted by Gasteiger charge is 2.18. The first kappa shape index (κ1) is 15.1. The van der Waals surface area contributed by atoms with Crippen molar-refractivity contribution in [2.45, 2.75) is 0 Å². The maximum Gasteiger partial charge on any atom is 0.261 e. The van der Waals surface area contributed by atoms with E-state index in [-0.39, 0.29) is 11.4 Å². The van der Waals surface area contributed by atoms with Crippen LogP contribution in [0.3, 0.4) is 0 Å². The number of hydrogen-bond donors (Lipinski definition) is 2. The van der Waals surface area contributed by atoms with Gasteiger partial charge in [-0.3, -0.25) is 4.79 Å². The van der Waals surface area contributed by atoms with Gasteiger partial charge in [0.2, 0.25) is 0 Å². The summed E-state index contributed by atoms with van der Waals surface area (Å²) in [4.78, 5) is 15.3. The van der Waals surface area contributed by atoms with Gasteiger partial charge in [0.1, 0.15) is 33.9 Å². The highest BCUT2D eigenvalue weighted by molar-refractivity contribution is 6.06. The summed E-state index contributed by atoms with van der Waals surface area (Å²) in [6, 6.07) is 12.8. The fourth-order valence-electron chi connectivity index (χ4n) is 2.97. The van der Waals surface area contributed by atoms with Crippen molar-refractivity contribution in [1.29, 1.82) is 0 Å². The third kappa shape index (κ3) is 2.20. The van der Waals surface area contributed by atoms with Crippen LogP contribution < -0.4 is 20.8 Å². The summed E-state index contributed by atoms with van der Waals surface area (Å²) < 4.78 is 12.2. The molecule has 0 radical (unpaired) electrons. The fraction of sp³-hybridized carbons (Fsp3) is 0.111. The molecule has 4 aromatic rings. The zero-order valence-electron chi connectivity index (χ0n) is 13.7. The monoisotopic (exact) mass is 336 g/mol. The van der Waals surface area contributed by atoms with Crippen molar-refractivity contribution in [3.8, 4) is 17.2 Å². The summed E-state index contributed by atoms with van der Waals surface area (Å²) in [5, 5.41) is 5.77. The Morgan fingerprint density at radius 1 is 1.12 bits per heavy atom. The van der Waals surface area contributed by atoms with Crippen molar-refractivity contribution in [2.75, 3.05) is 20.0 Å². The first-order chi connectivity index (χ1) is 12.1. The lowest BCUT2D eigenvalue weighted by molar-refractivity contribution is 0.401. The Hall–Kier alpha value is -3.48. The van der Waals surface area contributed by atoms with E-state index in [9.17, 15) is 4.79 Å². The van der Waals surface area contributed by atoms with Crippen LogP contribution in [0, 0.1) is 0 Å². The van der Waals surface area contributed by atoms with Gasteiger partial charge in [-0.1, -0.05) is 18.2 Å². The van der Waals surface area contributed by atoms with Gasteiger partial charge in [0.15, 0.2) is 0 Å². The van der Waals surface area contributed by atoms with Crippen molar-refractivity contribution in [2.24, 2.45) is 0 Å². The number of nitrogens with two attached hydrogens (primary N) is 1. The molecule has 7 nitrogen and oxygen atoms in total. The average Bonchev–Trinajstić information content (AvgIpc) is 2.99. The van der Waals surface area contributed by atoms with Crippen LogP contribution in [0.4, 0.5) is 5.82 Å². The molecular weight excluding hydrogens is 320 g/mol. The maximum absolute atomic E-state index is 12.5. The Morgan fingerprint density at radius 3 is 2.68 bits per heavy atom. The van der Waals surface area contributed by atoms with Crippen LogP contribution in [-0.4, -0.2) is 29.0 Å². The average molecular weight is 336 g/mol.